The first-order chi connectivity index (χ1) is 10.8. The van der Waals surface area contributed by atoms with Gasteiger partial charge < -0.3 is 5.73 Å². The minimum absolute atomic E-state index is 0.0636. The summed E-state index contributed by atoms with van der Waals surface area (Å²) in [4.78, 5) is 11.7. The molecule has 0 saturated carbocycles. The van der Waals surface area contributed by atoms with Crippen LogP contribution < -0.4 is 5.73 Å². The molecule has 4 nitrogen and oxygen atoms in total. The molecule has 1 atom stereocenters. The van der Waals surface area contributed by atoms with Gasteiger partial charge in [0.1, 0.15) is 0 Å². The van der Waals surface area contributed by atoms with Crippen LogP contribution in [-0.4, -0.2) is 11.5 Å². The summed E-state index contributed by atoms with van der Waals surface area (Å²) in [5.74, 6) is 0. The van der Waals surface area contributed by atoms with Crippen LogP contribution in [0.15, 0.2) is 53.4 Å². The van der Waals surface area contributed by atoms with E-state index in [1.165, 1.54) is 17.3 Å². The average Bonchev–Trinajstić information content (AvgIpc) is 2.47. The maximum Gasteiger partial charge on any atom is 0.220 e. The third-order valence-electron chi connectivity index (χ3n) is 3.65. The normalized spacial score (nSPS) is 12.8. The summed E-state index contributed by atoms with van der Waals surface area (Å²) in [6.45, 7) is 6.32. The first-order valence-corrected chi connectivity index (χ1v) is 8.39. The average molecular weight is 330 g/mol. The van der Waals surface area contributed by atoms with Crippen LogP contribution in [0.3, 0.4) is 0 Å². The van der Waals surface area contributed by atoms with Crippen LogP contribution in [0.2, 0.25) is 0 Å². The number of thioether (sulfide) groups is 1. The lowest BCUT2D eigenvalue weighted by Crippen LogP contribution is -2.13. The Morgan fingerprint density at radius 3 is 2.26 bits per heavy atom. The Balaban J connectivity index is 2.28. The molecule has 2 rings (SSSR count). The van der Waals surface area contributed by atoms with E-state index in [-0.39, 0.29) is 22.1 Å². The van der Waals surface area contributed by atoms with Gasteiger partial charge in [0.25, 0.3) is 0 Å². The van der Waals surface area contributed by atoms with Gasteiger partial charge in [-0.05, 0) is 28.7 Å². The lowest BCUT2D eigenvalue weighted by atomic mass is 9.86. The molecule has 2 aromatic rings. The first kappa shape index (κ1) is 17.3. The summed E-state index contributed by atoms with van der Waals surface area (Å²) in [6.07, 6.45) is 0. The topological polar surface area (TPSA) is 69.2 Å². The van der Waals surface area contributed by atoms with Gasteiger partial charge in [-0.1, -0.05) is 57.2 Å². The number of para-hydroxylation sites is 1. The van der Waals surface area contributed by atoms with Gasteiger partial charge in [0.05, 0.1) is 5.25 Å². The lowest BCUT2D eigenvalue weighted by Gasteiger charge is -2.20. The van der Waals surface area contributed by atoms with Gasteiger partial charge in [-0.25, -0.2) is 0 Å². The Kier molecular flexibility index (Phi) is 5.31. The fraction of sp³-hybridized carbons (Fsp3) is 0.333. The van der Waals surface area contributed by atoms with Crippen molar-refractivity contribution in [2.75, 3.05) is 12.3 Å². The summed E-state index contributed by atoms with van der Waals surface area (Å²) in [5, 5.41) is 10.8. The van der Waals surface area contributed by atoms with Crippen molar-refractivity contribution in [2.45, 2.75) is 36.3 Å². The molecule has 2 aromatic carbocycles. The van der Waals surface area contributed by atoms with Crippen LogP contribution in [0.4, 0.5) is 5.69 Å². The molecule has 1 unspecified atom stereocenters. The van der Waals surface area contributed by atoms with Crippen LogP contribution in [-0.2, 0) is 5.41 Å². The van der Waals surface area contributed by atoms with Gasteiger partial charge in [0.15, 0.2) is 0 Å². The second-order valence-electron chi connectivity index (χ2n) is 6.53. The second-order valence-corrected chi connectivity index (χ2v) is 7.78. The molecule has 2 N–H and O–H groups in total. The first-order valence-electron chi connectivity index (χ1n) is 7.51. The monoisotopic (exact) mass is 330 g/mol. The van der Waals surface area contributed by atoms with E-state index in [9.17, 15) is 10.1 Å². The summed E-state index contributed by atoms with van der Waals surface area (Å²) in [6, 6.07) is 15.5. The molecule has 23 heavy (non-hydrogen) atoms. The zero-order valence-corrected chi connectivity index (χ0v) is 14.5. The highest BCUT2D eigenvalue weighted by Gasteiger charge is 2.21. The number of benzene rings is 2. The van der Waals surface area contributed by atoms with Crippen molar-refractivity contribution in [3.63, 3.8) is 0 Å². The molecular weight excluding hydrogens is 308 g/mol. The third-order valence-corrected chi connectivity index (χ3v) is 4.98. The number of rotatable bonds is 5. The summed E-state index contributed by atoms with van der Waals surface area (Å²) < 4.78 is 0. The second kappa shape index (κ2) is 7.04. The third kappa shape index (κ3) is 4.73. The Bertz CT molecular complexity index is 678. The van der Waals surface area contributed by atoms with Gasteiger partial charge in [0, 0.05) is 15.5 Å². The predicted octanol–water partition coefficient (Wildman–Crippen LogP) is 4.68. The lowest BCUT2D eigenvalue weighted by molar-refractivity contribution is -0.479. The van der Waals surface area contributed by atoms with Crippen molar-refractivity contribution in [2.24, 2.45) is 0 Å². The molecule has 0 aromatic heterocycles. The van der Waals surface area contributed by atoms with Gasteiger partial charge >= 0.3 is 0 Å². The standard InChI is InChI=1S/C18H22N2O2S/c1-18(2,3)14-10-8-13(9-11-14)17(12-20(21)22)23-16-7-5-4-6-15(16)19/h4-11,17H,12,19H2,1-3H3. The van der Waals surface area contributed by atoms with Crippen molar-refractivity contribution in [1.29, 1.82) is 0 Å². The van der Waals surface area contributed by atoms with Gasteiger partial charge in [-0.2, -0.15) is 0 Å². The van der Waals surface area contributed by atoms with Gasteiger partial charge in [0.2, 0.25) is 6.54 Å². The minimum Gasteiger partial charge on any atom is -0.398 e. The summed E-state index contributed by atoms with van der Waals surface area (Å²) >= 11 is 1.44. The Morgan fingerprint density at radius 1 is 1.13 bits per heavy atom. The van der Waals surface area contributed by atoms with Crippen molar-refractivity contribution in [1.82, 2.24) is 0 Å². The minimum atomic E-state index is -0.269. The molecular formula is C18H22N2O2S. The van der Waals surface area contributed by atoms with E-state index in [1.54, 1.807) is 0 Å². The molecule has 0 spiro atoms. The number of nitrogen functional groups attached to an aromatic ring is 1. The van der Waals surface area contributed by atoms with Crippen LogP contribution >= 0.6 is 11.8 Å². The van der Waals surface area contributed by atoms with Crippen molar-refractivity contribution in [3.8, 4) is 0 Å². The van der Waals surface area contributed by atoms with Gasteiger partial charge in [-0.15, -0.1) is 11.8 Å². The van der Waals surface area contributed by atoms with Crippen LogP contribution in [0.25, 0.3) is 0 Å². The summed E-state index contributed by atoms with van der Waals surface area (Å²) in [5.41, 5.74) is 8.84. The van der Waals surface area contributed by atoms with E-state index in [1.807, 2.05) is 36.4 Å². The molecule has 122 valence electrons. The van der Waals surface area contributed by atoms with Crippen molar-refractivity contribution >= 4 is 17.4 Å². The highest BCUT2D eigenvalue weighted by molar-refractivity contribution is 7.99. The fourth-order valence-electron chi connectivity index (χ4n) is 2.29. The van der Waals surface area contributed by atoms with Crippen LogP contribution in [0.1, 0.15) is 37.1 Å². The van der Waals surface area contributed by atoms with E-state index in [0.717, 1.165) is 10.5 Å². The summed E-state index contributed by atoms with van der Waals surface area (Å²) in [7, 11) is 0. The molecule has 0 aliphatic rings. The maximum atomic E-state index is 11.0. The smallest absolute Gasteiger partial charge is 0.220 e. The quantitative estimate of drug-likeness (QED) is 0.374. The van der Waals surface area contributed by atoms with Crippen molar-refractivity contribution < 1.29 is 4.92 Å². The molecule has 0 heterocycles. The zero-order chi connectivity index (χ0) is 17.0. The number of nitro groups is 1. The van der Waals surface area contributed by atoms with E-state index >= 15 is 0 Å². The number of anilines is 1. The van der Waals surface area contributed by atoms with E-state index in [4.69, 9.17) is 5.73 Å². The molecule has 0 radical (unpaired) electrons. The molecule has 5 heteroatoms. The fourth-order valence-corrected chi connectivity index (χ4v) is 3.44. The largest absolute Gasteiger partial charge is 0.398 e. The molecule has 0 bridgehead atoms. The molecule has 0 saturated heterocycles. The zero-order valence-electron chi connectivity index (χ0n) is 13.7. The molecule has 0 amide bonds. The molecule has 0 fully saturated rings. The Labute approximate surface area is 141 Å². The number of nitrogens with zero attached hydrogens (tertiary/aromatic N) is 1. The Morgan fingerprint density at radius 2 is 1.74 bits per heavy atom. The van der Waals surface area contributed by atoms with Crippen LogP contribution in [0, 0.1) is 10.1 Å². The van der Waals surface area contributed by atoms with E-state index in [2.05, 4.69) is 32.9 Å². The Hall–Kier alpha value is -2.01. The van der Waals surface area contributed by atoms with Crippen molar-refractivity contribution in [3.05, 3.63) is 69.8 Å². The number of nitrogens with two attached hydrogens (primary N) is 1. The predicted molar refractivity (Wildman–Crippen MR) is 96.5 cm³/mol. The number of hydrogen-bond acceptors (Lipinski definition) is 4. The highest BCUT2D eigenvalue weighted by atomic mass is 32.2. The van der Waals surface area contributed by atoms with Crippen LogP contribution in [0.5, 0.6) is 0 Å². The molecule has 0 aliphatic heterocycles. The maximum absolute atomic E-state index is 11.0. The van der Waals surface area contributed by atoms with E-state index < -0.39 is 0 Å². The molecule has 0 aliphatic carbocycles. The van der Waals surface area contributed by atoms with Gasteiger partial charge in [-0.3, -0.25) is 10.1 Å². The highest BCUT2D eigenvalue weighted by Crippen LogP contribution is 2.38. The van der Waals surface area contributed by atoms with E-state index in [0.29, 0.717) is 5.69 Å². The SMILES string of the molecule is CC(C)(C)c1ccc(C(C[N+](=O)[O-])Sc2ccccc2N)cc1. The number of hydrogen-bond donors (Lipinski definition) is 1.